The van der Waals surface area contributed by atoms with Gasteiger partial charge in [0.15, 0.2) is 0 Å². The molecule has 33 heavy (non-hydrogen) atoms. The van der Waals surface area contributed by atoms with Crippen LogP contribution in [0.3, 0.4) is 0 Å². The molecule has 6 nitrogen and oxygen atoms in total. The van der Waals surface area contributed by atoms with Crippen molar-refractivity contribution in [1.82, 2.24) is 5.32 Å². The highest BCUT2D eigenvalue weighted by atomic mass is 32.2. The minimum Gasteiger partial charge on any atom is -0.492 e. The van der Waals surface area contributed by atoms with E-state index in [1.165, 1.54) is 17.7 Å². The topological polar surface area (TPSA) is 75.7 Å². The van der Waals surface area contributed by atoms with Gasteiger partial charge in [-0.25, -0.2) is 12.8 Å². The zero-order valence-electron chi connectivity index (χ0n) is 18.6. The highest BCUT2D eigenvalue weighted by Crippen LogP contribution is 2.24. The third kappa shape index (κ3) is 6.55. The molecule has 1 amide bonds. The first-order valence-electron chi connectivity index (χ1n) is 10.6. The van der Waals surface area contributed by atoms with Crippen LogP contribution in [0.5, 0.6) is 5.75 Å². The largest absolute Gasteiger partial charge is 0.492 e. The molecule has 0 saturated carbocycles. The number of hydrogen-bond donors (Lipinski definition) is 1. The second-order valence-corrected chi connectivity index (χ2v) is 9.36. The molecule has 3 aromatic rings. The zero-order chi connectivity index (χ0) is 23.8. The Labute approximate surface area is 194 Å². The van der Waals surface area contributed by atoms with Gasteiger partial charge in [0.2, 0.25) is 5.91 Å². The van der Waals surface area contributed by atoms with Crippen LogP contribution in [0.4, 0.5) is 10.1 Å². The summed E-state index contributed by atoms with van der Waals surface area (Å²) in [6, 6.07) is 19.0. The number of amides is 1. The molecule has 0 heterocycles. The Kier molecular flexibility index (Phi) is 8.06. The molecule has 0 unspecified atom stereocenters. The van der Waals surface area contributed by atoms with Crippen LogP contribution in [0.2, 0.25) is 0 Å². The number of benzene rings is 3. The number of sulfonamides is 1. The van der Waals surface area contributed by atoms with Crippen molar-refractivity contribution < 1.29 is 22.3 Å². The van der Waals surface area contributed by atoms with Gasteiger partial charge in [0.25, 0.3) is 10.0 Å². The van der Waals surface area contributed by atoms with Crippen molar-refractivity contribution >= 4 is 21.6 Å². The van der Waals surface area contributed by atoms with Crippen LogP contribution in [-0.4, -0.2) is 34.0 Å². The van der Waals surface area contributed by atoms with Crippen molar-refractivity contribution in [1.29, 1.82) is 0 Å². The van der Waals surface area contributed by atoms with Crippen LogP contribution >= 0.6 is 0 Å². The molecule has 0 spiro atoms. The molecular formula is C25H27FN2O4S. The van der Waals surface area contributed by atoms with Crippen LogP contribution in [0.15, 0.2) is 77.7 Å². The van der Waals surface area contributed by atoms with E-state index in [1.54, 1.807) is 24.3 Å². The maximum Gasteiger partial charge on any atom is 0.264 e. The second kappa shape index (κ2) is 11.0. The molecule has 3 rings (SSSR count). The number of rotatable bonds is 10. The average molecular weight is 471 g/mol. The molecule has 0 fully saturated rings. The maximum atomic E-state index is 13.3. The van der Waals surface area contributed by atoms with Gasteiger partial charge >= 0.3 is 0 Å². The predicted octanol–water partition coefficient (Wildman–Crippen LogP) is 4.09. The van der Waals surface area contributed by atoms with Gasteiger partial charge in [0.1, 0.15) is 24.7 Å². The molecule has 174 valence electrons. The molecule has 1 N–H and O–H groups in total. The van der Waals surface area contributed by atoms with Crippen molar-refractivity contribution in [2.45, 2.75) is 25.2 Å². The van der Waals surface area contributed by atoms with E-state index in [0.29, 0.717) is 11.4 Å². The Bertz CT molecular complexity index is 1160. The standard InChI is InChI=1S/C25H27FN2O4S/c1-3-20-6-12-23(13-7-20)32-17-16-27-25(29)18-28(22-10-4-19(2)5-11-22)33(30,31)24-14-8-21(26)9-15-24/h4-15H,3,16-18H2,1-2H3,(H,27,29). The van der Waals surface area contributed by atoms with Gasteiger partial charge in [0.05, 0.1) is 17.1 Å². The number of carbonyl (C=O) groups is 1. The van der Waals surface area contributed by atoms with Crippen molar-refractivity contribution in [2.75, 3.05) is 24.0 Å². The summed E-state index contributed by atoms with van der Waals surface area (Å²) in [5.41, 5.74) is 2.49. The number of halogens is 1. The Morgan fingerprint density at radius 1 is 0.970 bits per heavy atom. The number of nitrogens with one attached hydrogen (secondary N) is 1. The molecule has 0 aliphatic heterocycles. The monoisotopic (exact) mass is 470 g/mol. The van der Waals surface area contributed by atoms with Crippen LogP contribution in [-0.2, 0) is 21.2 Å². The average Bonchev–Trinajstić information content (AvgIpc) is 2.81. The SMILES string of the molecule is CCc1ccc(OCCNC(=O)CN(c2ccc(C)cc2)S(=O)(=O)c2ccc(F)cc2)cc1. The summed E-state index contributed by atoms with van der Waals surface area (Å²) in [6.07, 6.45) is 0.939. The summed E-state index contributed by atoms with van der Waals surface area (Å²) in [5, 5.41) is 2.69. The number of nitrogens with zero attached hydrogens (tertiary/aromatic N) is 1. The fourth-order valence-corrected chi connectivity index (χ4v) is 4.55. The van der Waals surface area contributed by atoms with Crippen molar-refractivity contribution in [3.8, 4) is 5.75 Å². The van der Waals surface area contributed by atoms with Crippen molar-refractivity contribution in [2.24, 2.45) is 0 Å². The van der Waals surface area contributed by atoms with Crippen molar-refractivity contribution in [3.63, 3.8) is 0 Å². The first kappa shape index (κ1) is 24.3. The molecule has 0 saturated heterocycles. The van der Waals surface area contributed by atoms with Gasteiger partial charge in [-0.15, -0.1) is 0 Å². The Morgan fingerprint density at radius 3 is 2.21 bits per heavy atom. The number of hydrogen-bond acceptors (Lipinski definition) is 4. The molecule has 0 bridgehead atoms. The van der Waals surface area contributed by atoms with Gasteiger partial charge < -0.3 is 10.1 Å². The summed E-state index contributed by atoms with van der Waals surface area (Å²) in [4.78, 5) is 12.5. The minimum atomic E-state index is -4.08. The lowest BCUT2D eigenvalue weighted by molar-refractivity contribution is -0.119. The minimum absolute atomic E-state index is 0.101. The maximum absolute atomic E-state index is 13.3. The third-order valence-corrected chi connectivity index (χ3v) is 6.82. The quantitative estimate of drug-likeness (QED) is 0.453. The lowest BCUT2D eigenvalue weighted by Gasteiger charge is -2.24. The number of anilines is 1. The van der Waals surface area contributed by atoms with Gasteiger partial charge in [-0.3, -0.25) is 9.10 Å². The van der Waals surface area contributed by atoms with E-state index in [2.05, 4.69) is 12.2 Å². The molecule has 0 radical (unpaired) electrons. The fraction of sp³-hybridized carbons (Fsp3) is 0.240. The van der Waals surface area contributed by atoms with Crippen LogP contribution in [0.1, 0.15) is 18.1 Å². The number of ether oxygens (including phenoxy) is 1. The van der Waals surface area contributed by atoms with Gasteiger partial charge in [-0.05, 0) is 67.4 Å². The number of carbonyl (C=O) groups excluding carboxylic acids is 1. The fourth-order valence-electron chi connectivity index (χ4n) is 3.13. The van der Waals surface area contributed by atoms with E-state index >= 15 is 0 Å². The van der Waals surface area contributed by atoms with Crippen LogP contribution < -0.4 is 14.4 Å². The van der Waals surface area contributed by atoms with Gasteiger partial charge in [-0.2, -0.15) is 0 Å². The highest BCUT2D eigenvalue weighted by Gasteiger charge is 2.27. The Balaban J connectivity index is 1.67. The van der Waals surface area contributed by atoms with Crippen LogP contribution in [0, 0.1) is 12.7 Å². The van der Waals surface area contributed by atoms with E-state index in [0.717, 1.165) is 28.4 Å². The lowest BCUT2D eigenvalue weighted by Crippen LogP contribution is -2.41. The summed E-state index contributed by atoms with van der Waals surface area (Å²) in [7, 11) is -4.08. The first-order chi connectivity index (χ1) is 15.8. The zero-order valence-corrected chi connectivity index (χ0v) is 19.4. The van der Waals surface area contributed by atoms with E-state index in [9.17, 15) is 17.6 Å². The van der Waals surface area contributed by atoms with Crippen molar-refractivity contribution in [3.05, 3.63) is 89.7 Å². The smallest absolute Gasteiger partial charge is 0.264 e. The Morgan fingerprint density at radius 2 is 1.61 bits per heavy atom. The Hall–Kier alpha value is -3.39. The molecular weight excluding hydrogens is 443 g/mol. The first-order valence-corrected chi connectivity index (χ1v) is 12.1. The molecule has 0 atom stereocenters. The highest BCUT2D eigenvalue weighted by molar-refractivity contribution is 7.92. The molecule has 3 aromatic carbocycles. The predicted molar refractivity (Wildman–Crippen MR) is 126 cm³/mol. The summed E-state index contributed by atoms with van der Waals surface area (Å²) >= 11 is 0. The normalized spacial score (nSPS) is 11.1. The van der Waals surface area contributed by atoms with Crippen LogP contribution in [0.25, 0.3) is 0 Å². The summed E-state index contributed by atoms with van der Waals surface area (Å²) < 4.78 is 46.4. The van der Waals surface area contributed by atoms with Gasteiger partial charge in [0, 0.05) is 0 Å². The lowest BCUT2D eigenvalue weighted by atomic mass is 10.2. The van der Waals surface area contributed by atoms with E-state index in [4.69, 9.17) is 4.74 Å². The van der Waals surface area contributed by atoms with E-state index in [-0.39, 0.29) is 18.0 Å². The van der Waals surface area contributed by atoms with E-state index in [1.807, 2.05) is 31.2 Å². The summed E-state index contributed by atoms with van der Waals surface area (Å²) in [6.45, 7) is 3.99. The number of aryl methyl sites for hydroxylation is 2. The third-order valence-electron chi connectivity index (χ3n) is 5.04. The molecule has 0 aliphatic carbocycles. The summed E-state index contributed by atoms with van der Waals surface area (Å²) in [5.74, 6) is -0.328. The van der Waals surface area contributed by atoms with Gasteiger partial charge in [-0.1, -0.05) is 36.8 Å². The molecule has 0 aliphatic rings. The van der Waals surface area contributed by atoms with E-state index < -0.39 is 28.3 Å². The second-order valence-electron chi connectivity index (χ2n) is 7.50. The molecule has 0 aromatic heterocycles. The molecule has 8 heteroatoms.